The van der Waals surface area contributed by atoms with Gasteiger partial charge in [0.05, 0.1) is 6.61 Å². The molecule has 0 aliphatic heterocycles. The standard InChI is InChI=1S/C12H28BN3O4/c1-4-11(13-7-9(2)15-10(3)18)5-6-20-12(19)16-14-8-17/h9-11,13-15,17-18H,4-8H2,1-3H3,(H,16,19)/t9-,10?,11?/m0/s1. The highest BCUT2D eigenvalue weighted by atomic mass is 16.6. The van der Waals surface area contributed by atoms with E-state index in [0.29, 0.717) is 12.4 Å². The van der Waals surface area contributed by atoms with Gasteiger partial charge in [0.1, 0.15) is 20.2 Å². The summed E-state index contributed by atoms with van der Waals surface area (Å²) in [7, 11) is 1.03. The van der Waals surface area contributed by atoms with Gasteiger partial charge in [-0.2, -0.15) is 0 Å². The third-order valence-electron chi connectivity index (χ3n) is 3.14. The van der Waals surface area contributed by atoms with E-state index in [9.17, 15) is 9.90 Å². The zero-order valence-electron chi connectivity index (χ0n) is 12.7. The Morgan fingerprint density at radius 2 is 2.10 bits per heavy atom. The summed E-state index contributed by atoms with van der Waals surface area (Å²) in [4.78, 5) is 11.1. The van der Waals surface area contributed by atoms with Gasteiger partial charge in [0.15, 0.2) is 0 Å². The lowest BCUT2D eigenvalue weighted by Crippen LogP contribution is -2.38. The van der Waals surface area contributed by atoms with E-state index in [1.807, 2.05) is 6.92 Å². The molecular formula is C12H28BN3O4. The lowest BCUT2D eigenvalue weighted by atomic mass is 9.58. The summed E-state index contributed by atoms with van der Waals surface area (Å²) >= 11 is 0. The zero-order valence-corrected chi connectivity index (χ0v) is 12.7. The van der Waals surface area contributed by atoms with Gasteiger partial charge < -0.3 is 14.9 Å². The molecule has 7 nitrogen and oxygen atoms in total. The Morgan fingerprint density at radius 1 is 1.40 bits per heavy atom. The summed E-state index contributed by atoms with van der Waals surface area (Å²) < 4.78 is 4.97. The van der Waals surface area contributed by atoms with Crippen LogP contribution in [0.1, 0.15) is 33.6 Å². The summed E-state index contributed by atoms with van der Waals surface area (Å²) in [5, 5.41) is 20.7. The molecule has 0 saturated heterocycles. The number of aliphatic hydroxyl groups excluding tert-OH is 2. The summed E-state index contributed by atoms with van der Waals surface area (Å²) in [6.07, 6.45) is 1.74. The first-order valence-electron chi connectivity index (χ1n) is 7.20. The fraction of sp³-hybridized carbons (Fsp3) is 0.917. The molecule has 2 unspecified atom stereocenters. The highest BCUT2D eigenvalue weighted by Crippen LogP contribution is 2.16. The molecule has 0 spiro atoms. The van der Waals surface area contributed by atoms with E-state index in [1.165, 1.54) is 0 Å². The fourth-order valence-corrected chi connectivity index (χ4v) is 2.00. The minimum absolute atomic E-state index is 0.266. The van der Waals surface area contributed by atoms with Crippen LogP contribution in [0.5, 0.6) is 0 Å². The molecule has 8 heteroatoms. The fourth-order valence-electron chi connectivity index (χ4n) is 2.00. The van der Waals surface area contributed by atoms with Gasteiger partial charge in [0, 0.05) is 0 Å². The van der Waals surface area contributed by atoms with Gasteiger partial charge in [-0.3, -0.25) is 10.7 Å². The Labute approximate surface area is 121 Å². The number of hydrogen-bond donors (Lipinski definition) is 5. The van der Waals surface area contributed by atoms with E-state index < -0.39 is 12.3 Å². The first-order chi connectivity index (χ1) is 9.49. The van der Waals surface area contributed by atoms with Gasteiger partial charge in [-0.05, 0) is 19.4 Å². The van der Waals surface area contributed by atoms with Crippen molar-refractivity contribution in [3.63, 3.8) is 0 Å². The molecule has 0 saturated carbocycles. The smallest absolute Gasteiger partial charge is 0.421 e. The van der Waals surface area contributed by atoms with E-state index in [-0.39, 0.29) is 12.8 Å². The molecule has 0 aliphatic rings. The lowest BCUT2D eigenvalue weighted by Gasteiger charge is -2.19. The lowest BCUT2D eigenvalue weighted by molar-refractivity contribution is 0.131. The highest BCUT2D eigenvalue weighted by Gasteiger charge is 2.13. The summed E-state index contributed by atoms with van der Waals surface area (Å²) in [5.74, 6) is 0.492. The molecule has 1 amide bonds. The normalized spacial score (nSPS) is 15.2. The predicted octanol–water partition coefficient (Wildman–Crippen LogP) is -0.0732. The molecule has 0 fully saturated rings. The Balaban J connectivity index is 3.73. The third-order valence-corrected chi connectivity index (χ3v) is 3.14. The average molecular weight is 289 g/mol. The molecule has 20 heavy (non-hydrogen) atoms. The number of nitrogens with one attached hydrogen (secondary N) is 3. The second-order valence-electron chi connectivity index (χ2n) is 4.98. The molecule has 0 aromatic rings. The first-order valence-corrected chi connectivity index (χ1v) is 7.20. The van der Waals surface area contributed by atoms with Crippen LogP contribution < -0.4 is 16.2 Å². The van der Waals surface area contributed by atoms with Crippen molar-refractivity contribution in [3.8, 4) is 0 Å². The predicted molar refractivity (Wildman–Crippen MR) is 79.6 cm³/mol. The molecule has 0 aliphatic carbocycles. The Kier molecular flexibility index (Phi) is 11.5. The molecule has 0 heterocycles. The number of carbonyl (C=O) groups is 1. The van der Waals surface area contributed by atoms with Gasteiger partial charge in [0.2, 0.25) is 0 Å². The van der Waals surface area contributed by atoms with Crippen LogP contribution in [0.4, 0.5) is 4.79 Å². The molecule has 0 rings (SSSR count). The van der Waals surface area contributed by atoms with Crippen LogP contribution in [0.3, 0.4) is 0 Å². The maximum Gasteiger partial charge on any atom is 0.421 e. The largest absolute Gasteiger partial charge is 0.449 e. The van der Waals surface area contributed by atoms with Gasteiger partial charge in [-0.1, -0.05) is 32.4 Å². The SMILES string of the molecule is CCC(BC[C@H](C)NC(C)O)CCOC(=O)NNCO. The minimum atomic E-state index is -0.585. The molecule has 0 aromatic carbocycles. The van der Waals surface area contributed by atoms with E-state index in [2.05, 4.69) is 23.1 Å². The van der Waals surface area contributed by atoms with Crippen molar-refractivity contribution in [2.45, 2.75) is 58.0 Å². The van der Waals surface area contributed by atoms with Gasteiger partial charge in [0.25, 0.3) is 0 Å². The Morgan fingerprint density at radius 3 is 2.65 bits per heavy atom. The zero-order chi connectivity index (χ0) is 15.4. The monoisotopic (exact) mass is 289 g/mol. The maximum atomic E-state index is 11.1. The molecule has 0 bridgehead atoms. The van der Waals surface area contributed by atoms with E-state index in [4.69, 9.17) is 9.84 Å². The van der Waals surface area contributed by atoms with Crippen molar-refractivity contribution >= 4 is 13.4 Å². The second kappa shape index (κ2) is 12.0. The van der Waals surface area contributed by atoms with Gasteiger partial charge >= 0.3 is 6.09 Å². The van der Waals surface area contributed by atoms with Crippen molar-refractivity contribution in [1.82, 2.24) is 16.2 Å². The average Bonchev–Trinajstić information content (AvgIpc) is 2.39. The quantitative estimate of drug-likeness (QED) is 0.207. The number of rotatable bonds is 11. The summed E-state index contributed by atoms with van der Waals surface area (Å²) in [6, 6.07) is 0.266. The minimum Gasteiger partial charge on any atom is -0.449 e. The molecule has 3 atom stereocenters. The number of aliphatic hydroxyl groups is 2. The molecule has 0 radical (unpaired) electrons. The molecule has 118 valence electrons. The number of ether oxygens (including phenoxy) is 1. The van der Waals surface area contributed by atoms with Crippen LogP contribution in [0.2, 0.25) is 12.1 Å². The number of amides is 1. The third kappa shape index (κ3) is 11.0. The number of hydrazine groups is 1. The maximum absolute atomic E-state index is 11.1. The van der Waals surface area contributed by atoms with Crippen LogP contribution in [-0.4, -0.2) is 49.2 Å². The van der Waals surface area contributed by atoms with Crippen LogP contribution in [-0.2, 0) is 4.74 Å². The van der Waals surface area contributed by atoms with Crippen molar-refractivity contribution in [2.75, 3.05) is 13.3 Å². The van der Waals surface area contributed by atoms with E-state index in [1.54, 1.807) is 6.92 Å². The number of carbonyl (C=O) groups excluding carboxylic acids is 1. The first kappa shape index (κ1) is 19.2. The van der Waals surface area contributed by atoms with Crippen LogP contribution in [0.25, 0.3) is 0 Å². The van der Waals surface area contributed by atoms with Crippen LogP contribution in [0.15, 0.2) is 0 Å². The van der Waals surface area contributed by atoms with Crippen molar-refractivity contribution < 1.29 is 19.7 Å². The van der Waals surface area contributed by atoms with Gasteiger partial charge in [-0.25, -0.2) is 10.2 Å². The summed E-state index contributed by atoms with van der Waals surface area (Å²) in [6.45, 7) is 5.89. The highest BCUT2D eigenvalue weighted by molar-refractivity contribution is 6.37. The summed E-state index contributed by atoms with van der Waals surface area (Å²) in [5.41, 5.74) is 4.45. The van der Waals surface area contributed by atoms with Crippen molar-refractivity contribution in [2.24, 2.45) is 0 Å². The molecule has 0 aromatic heterocycles. The van der Waals surface area contributed by atoms with E-state index >= 15 is 0 Å². The molecular weight excluding hydrogens is 261 g/mol. The Bertz CT molecular complexity index is 257. The Hall–Kier alpha value is -0.825. The van der Waals surface area contributed by atoms with Crippen molar-refractivity contribution in [3.05, 3.63) is 0 Å². The topological polar surface area (TPSA) is 103 Å². The van der Waals surface area contributed by atoms with Crippen molar-refractivity contribution in [1.29, 1.82) is 0 Å². The number of hydrogen-bond acceptors (Lipinski definition) is 6. The van der Waals surface area contributed by atoms with E-state index in [0.717, 1.165) is 26.4 Å². The van der Waals surface area contributed by atoms with Gasteiger partial charge in [-0.15, -0.1) is 0 Å². The molecule has 5 N–H and O–H groups in total. The van der Waals surface area contributed by atoms with Crippen LogP contribution in [0, 0.1) is 0 Å². The van der Waals surface area contributed by atoms with Crippen LogP contribution >= 0.6 is 0 Å². The second-order valence-corrected chi connectivity index (χ2v) is 4.98.